The van der Waals surface area contributed by atoms with E-state index in [2.05, 4.69) is 10.1 Å². The molecule has 0 bridgehead atoms. The fourth-order valence-corrected chi connectivity index (χ4v) is 1.59. The van der Waals surface area contributed by atoms with Crippen molar-refractivity contribution in [2.75, 3.05) is 46.3 Å². The molecule has 0 aliphatic carbocycles. The summed E-state index contributed by atoms with van der Waals surface area (Å²) in [6, 6.07) is 0. The molecule has 0 atom stereocenters. The van der Waals surface area contributed by atoms with E-state index in [0.29, 0.717) is 26.3 Å². The molecule has 1 heterocycles. The summed E-state index contributed by atoms with van der Waals surface area (Å²) >= 11 is 0. The molecule has 0 spiro atoms. The molecule has 1 amide bonds. The van der Waals surface area contributed by atoms with Crippen molar-refractivity contribution in [1.29, 1.82) is 0 Å². The molecular weight excluding hydrogens is 250 g/mol. The van der Waals surface area contributed by atoms with Gasteiger partial charge in [-0.15, -0.1) is 5.10 Å². The third-order valence-corrected chi connectivity index (χ3v) is 2.55. The molecule has 0 radical (unpaired) electrons. The van der Waals surface area contributed by atoms with Gasteiger partial charge in [0.05, 0.1) is 6.61 Å². The minimum atomic E-state index is -0.0435. The number of nitrogens with two attached hydrogens (primary N) is 1. The van der Waals surface area contributed by atoms with Gasteiger partial charge in [0.2, 0.25) is 11.9 Å². The molecule has 108 valence electrons. The summed E-state index contributed by atoms with van der Waals surface area (Å²) in [4.78, 5) is 17.6. The van der Waals surface area contributed by atoms with Gasteiger partial charge in [-0.05, 0) is 6.42 Å². The lowest BCUT2D eigenvalue weighted by molar-refractivity contribution is -0.132. The topological polar surface area (TPSA) is 95.5 Å². The van der Waals surface area contributed by atoms with Crippen LogP contribution in [0.1, 0.15) is 6.42 Å². The molecule has 19 heavy (non-hydrogen) atoms. The molecule has 1 rings (SSSR count). The van der Waals surface area contributed by atoms with E-state index in [4.69, 9.17) is 15.2 Å². The smallest absolute Gasteiger partial charge is 0.244 e. The highest BCUT2D eigenvalue weighted by molar-refractivity contribution is 5.75. The number of methoxy groups -OCH3 is 2. The average Bonchev–Trinajstić information content (AvgIpc) is 2.79. The minimum absolute atomic E-state index is 0.0435. The third-order valence-electron chi connectivity index (χ3n) is 2.55. The maximum absolute atomic E-state index is 12.1. The number of ether oxygens (including phenoxy) is 2. The molecule has 0 aliphatic heterocycles. The van der Waals surface area contributed by atoms with Crippen LogP contribution in [0.25, 0.3) is 0 Å². The van der Waals surface area contributed by atoms with Crippen LogP contribution >= 0.6 is 0 Å². The van der Waals surface area contributed by atoms with Crippen LogP contribution in [-0.4, -0.2) is 66.1 Å². The van der Waals surface area contributed by atoms with Crippen molar-refractivity contribution in [1.82, 2.24) is 19.7 Å². The average molecular weight is 271 g/mol. The van der Waals surface area contributed by atoms with Gasteiger partial charge in [-0.1, -0.05) is 0 Å². The molecule has 2 N–H and O–H groups in total. The summed E-state index contributed by atoms with van der Waals surface area (Å²) in [5, 5.41) is 3.89. The van der Waals surface area contributed by atoms with Crippen molar-refractivity contribution in [2.24, 2.45) is 0 Å². The van der Waals surface area contributed by atoms with Crippen LogP contribution in [0.15, 0.2) is 6.33 Å². The Morgan fingerprint density at radius 1 is 1.37 bits per heavy atom. The van der Waals surface area contributed by atoms with Crippen LogP contribution in [0.5, 0.6) is 0 Å². The van der Waals surface area contributed by atoms with E-state index in [1.165, 1.54) is 11.0 Å². The molecule has 0 unspecified atom stereocenters. The normalized spacial score (nSPS) is 10.6. The predicted octanol–water partition coefficient (Wildman–Crippen LogP) is -0.628. The molecule has 0 saturated carbocycles. The number of nitrogen functional groups attached to an aromatic ring is 1. The Bertz CT molecular complexity index is 382. The summed E-state index contributed by atoms with van der Waals surface area (Å²) in [7, 11) is 3.25. The first-order valence-corrected chi connectivity index (χ1v) is 6.08. The molecule has 0 fully saturated rings. The second-order valence-electron chi connectivity index (χ2n) is 4.02. The Balaban J connectivity index is 2.49. The Kier molecular flexibility index (Phi) is 6.83. The van der Waals surface area contributed by atoms with Crippen molar-refractivity contribution in [2.45, 2.75) is 13.0 Å². The number of aromatic nitrogens is 3. The second kappa shape index (κ2) is 8.44. The van der Waals surface area contributed by atoms with Gasteiger partial charge in [0.15, 0.2) is 0 Å². The monoisotopic (exact) mass is 271 g/mol. The zero-order chi connectivity index (χ0) is 14.1. The molecule has 0 saturated heterocycles. The first-order chi connectivity index (χ1) is 9.17. The van der Waals surface area contributed by atoms with Gasteiger partial charge >= 0.3 is 0 Å². The number of rotatable bonds is 9. The van der Waals surface area contributed by atoms with E-state index in [1.807, 2.05) is 0 Å². The van der Waals surface area contributed by atoms with Gasteiger partial charge in [-0.3, -0.25) is 4.79 Å². The van der Waals surface area contributed by atoms with Crippen molar-refractivity contribution in [3.05, 3.63) is 6.33 Å². The van der Waals surface area contributed by atoms with Gasteiger partial charge in [0.25, 0.3) is 0 Å². The Labute approximate surface area is 112 Å². The van der Waals surface area contributed by atoms with E-state index >= 15 is 0 Å². The van der Waals surface area contributed by atoms with Crippen LogP contribution in [-0.2, 0) is 20.8 Å². The van der Waals surface area contributed by atoms with Gasteiger partial charge in [0.1, 0.15) is 12.9 Å². The highest BCUT2D eigenvalue weighted by Crippen LogP contribution is 1.98. The quantitative estimate of drug-likeness (QED) is 0.601. The number of anilines is 1. The first-order valence-electron chi connectivity index (χ1n) is 6.08. The molecule has 0 aromatic carbocycles. The van der Waals surface area contributed by atoms with Crippen molar-refractivity contribution < 1.29 is 14.3 Å². The van der Waals surface area contributed by atoms with Crippen LogP contribution in [0.3, 0.4) is 0 Å². The van der Waals surface area contributed by atoms with Crippen molar-refractivity contribution in [3.8, 4) is 0 Å². The fourth-order valence-electron chi connectivity index (χ4n) is 1.59. The van der Waals surface area contributed by atoms with Crippen molar-refractivity contribution in [3.63, 3.8) is 0 Å². The van der Waals surface area contributed by atoms with E-state index in [1.54, 1.807) is 19.1 Å². The lowest BCUT2D eigenvalue weighted by atomic mass is 10.3. The number of hydrogen-bond donors (Lipinski definition) is 1. The van der Waals surface area contributed by atoms with E-state index < -0.39 is 0 Å². The molecular formula is C11H21N5O3. The molecule has 8 heteroatoms. The fraction of sp³-hybridized carbons (Fsp3) is 0.727. The van der Waals surface area contributed by atoms with Crippen LogP contribution in [0.4, 0.5) is 5.95 Å². The largest absolute Gasteiger partial charge is 0.385 e. The number of carbonyl (C=O) groups is 1. The molecule has 8 nitrogen and oxygen atoms in total. The Morgan fingerprint density at radius 3 is 2.68 bits per heavy atom. The van der Waals surface area contributed by atoms with Gasteiger partial charge in [0, 0.05) is 33.9 Å². The maximum atomic E-state index is 12.1. The molecule has 1 aromatic rings. The molecule has 0 aliphatic rings. The Hall–Kier alpha value is -1.67. The summed E-state index contributed by atoms with van der Waals surface area (Å²) in [6.45, 7) is 2.41. The van der Waals surface area contributed by atoms with Gasteiger partial charge in [-0.2, -0.15) is 0 Å². The summed E-state index contributed by atoms with van der Waals surface area (Å²) in [5.41, 5.74) is 5.40. The number of carbonyl (C=O) groups excluding carboxylic acids is 1. The first kappa shape index (κ1) is 15.4. The standard InChI is InChI=1S/C11H21N5O3/c1-18-6-3-4-15(5-7-19-2)10(17)8-16-9-13-11(12)14-16/h9H,3-8H2,1-2H3,(H2,12,14). The van der Waals surface area contributed by atoms with Crippen LogP contribution in [0.2, 0.25) is 0 Å². The van der Waals surface area contributed by atoms with E-state index in [-0.39, 0.29) is 18.4 Å². The Morgan fingerprint density at radius 2 is 2.11 bits per heavy atom. The SMILES string of the molecule is COCCCN(CCOC)C(=O)Cn1cnc(N)n1. The number of hydrogen-bond acceptors (Lipinski definition) is 6. The second-order valence-corrected chi connectivity index (χ2v) is 4.02. The zero-order valence-corrected chi connectivity index (χ0v) is 11.4. The van der Waals surface area contributed by atoms with Gasteiger partial charge in [-0.25, -0.2) is 9.67 Å². The molecule has 1 aromatic heterocycles. The summed E-state index contributed by atoms with van der Waals surface area (Å²) in [6.07, 6.45) is 2.22. The highest BCUT2D eigenvalue weighted by Gasteiger charge is 2.14. The van der Waals surface area contributed by atoms with Crippen LogP contribution < -0.4 is 5.73 Å². The lowest BCUT2D eigenvalue weighted by Crippen LogP contribution is -2.37. The van der Waals surface area contributed by atoms with E-state index in [9.17, 15) is 4.79 Å². The van der Waals surface area contributed by atoms with E-state index in [0.717, 1.165) is 6.42 Å². The highest BCUT2D eigenvalue weighted by atomic mass is 16.5. The zero-order valence-electron chi connectivity index (χ0n) is 11.4. The number of amides is 1. The minimum Gasteiger partial charge on any atom is -0.385 e. The van der Waals surface area contributed by atoms with Crippen LogP contribution in [0, 0.1) is 0 Å². The third kappa shape index (κ3) is 5.66. The van der Waals surface area contributed by atoms with Crippen molar-refractivity contribution >= 4 is 11.9 Å². The predicted molar refractivity (Wildman–Crippen MR) is 69.4 cm³/mol. The maximum Gasteiger partial charge on any atom is 0.244 e. The lowest BCUT2D eigenvalue weighted by Gasteiger charge is -2.22. The van der Waals surface area contributed by atoms with Gasteiger partial charge < -0.3 is 20.1 Å². The number of nitrogens with zero attached hydrogens (tertiary/aromatic N) is 4. The summed E-state index contributed by atoms with van der Waals surface area (Å²) < 4.78 is 11.4. The summed E-state index contributed by atoms with van der Waals surface area (Å²) in [5.74, 6) is 0.119.